The minimum Gasteiger partial charge on any atom is -0.471 e. The van der Waals surface area contributed by atoms with E-state index in [0.29, 0.717) is 19.0 Å². The molecule has 1 fully saturated rings. The second-order valence-corrected chi connectivity index (χ2v) is 6.56. The van der Waals surface area contributed by atoms with Crippen molar-refractivity contribution >= 4 is 11.9 Å². The summed E-state index contributed by atoms with van der Waals surface area (Å²) in [6.07, 6.45) is 3.64. The minimum atomic E-state index is -0.485. The van der Waals surface area contributed by atoms with E-state index in [9.17, 15) is 4.79 Å². The van der Waals surface area contributed by atoms with Gasteiger partial charge in [0.2, 0.25) is 5.88 Å². The molecule has 22 heavy (non-hydrogen) atoms. The number of likely N-dealkylation sites (tertiary alicyclic amines) is 1. The van der Waals surface area contributed by atoms with Gasteiger partial charge in [0.15, 0.2) is 5.82 Å². The average Bonchev–Trinajstić information content (AvgIpc) is 2.85. The van der Waals surface area contributed by atoms with Crippen molar-refractivity contribution in [3.8, 4) is 5.88 Å². The summed E-state index contributed by atoms with van der Waals surface area (Å²) in [7, 11) is 3.79. The molecule has 1 atom stereocenters. The molecule has 1 aromatic rings. The maximum absolute atomic E-state index is 12.0. The molecule has 0 saturated carbocycles. The topological polar surface area (TPSA) is 67.8 Å². The second-order valence-electron chi connectivity index (χ2n) is 6.56. The summed E-state index contributed by atoms with van der Waals surface area (Å²) < 4.78 is 11.2. The van der Waals surface area contributed by atoms with Gasteiger partial charge in [-0.3, -0.25) is 4.98 Å². The molecule has 7 nitrogen and oxygen atoms in total. The Morgan fingerprint density at radius 3 is 2.73 bits per heavy atom. The molecule has 0 bridgehead atoms. The monoisotopic (exact) mass is 308 g/mol. The van der Waals surface area contributed by atoms with Crippen LogP contribution in [0.2, 0.25) is 0 Å². The zero-order valence-electron chi connectivity index (χ0n) is 13.9. The van der Waals surface area contributed by atoms with Crippen molar-refractivity contribution in [1.29, 1.82) is 0 Å². The average molecular weight is 308 g/mol. The number of anilines is 1. The molecule has 1 aromatic heterocycles. The number of amides is 1. The number of nitrogens with zero attached hydrogens (tertiary/aromatic N) is 4. The number of carbonyl (C=O) groups is 1. The Hall–Kier alpha value is -2.05. The highest BCUT2D eigenvalue weighted by Gasteiger charge is 2.31. The van der Waals surface area contributed by atoms with Crippen LogP contribution < -0.4 is 9.64 Å². The Labute approximate surface area is 131 Å². The fourth-order valence-corrected chi connectivity index (χ4v) is 2.10. The summed E-state index contributed by atoms with van der Waals surface area (Å²) >= 11 is 0. The Morgan fingerprint density at radius 1 is 1.36 bits per heavy atom. The van der Waals surface area contributed by atoms with E-state index in [-0.39, 0.29) is 12.2 Å². The van der Waals surface area contributed by atoms with Gasteiger partial charge in [-0.05, 0) is 20.8 Å². The van der Waals surface area contributed by atoms with Crippen molar-refractivity contribution in [2.24, 2.45) is 0 Å². The zero-order chi connectivity index (χ0) is 16.3. The van der Waals surface area contributed by atoms with E-state index in [1.165, 1.54) is 0 Å². The lowest BCUT2D eigenvalue weighted by molar-refractivity contribution is 0.0275. The van der Waals surface area contributed by atoms with Gasteiger partial charge in [-0.1, -0.05) is 0 Å². The molecule has 7 heteroatoms. The maximum atomic E-state index is 12.0. The molecule has 1 aliphatic heterocycles. The minimum absolute atomic E-state index is 0.0840. The van der Waals surface area contributed by atoms with Gasteiger partial charge in [-0.15, -0.1) is 0 Å². The maximum Gasteiger partial charge on any atom is 0.410 e. The van der Waals surface area contributed by atoms with Gasteiger partial charge < -0.3 is 19.3 Å². The van der Waals surface area contributed by atoms with Gasteiger partial charge in [0.05, 0.1) is 18.9 Å². The van der Waals surface area contributed by atoms with Crippen molar-refractivity contribution in [2.45, 2.75) is 38.9 Å². The molecule has 122 valence electrons. The van der Waals surface area contributed by atoms with Crippen LogP contribution in [0.15, 0.2) is 12.4 Å². The van der Waals surface area contributed by atoms with Gasteiger partial charge >= 0.3 is 6.09 Å². The van der Waals surface area contributed by atoms with E-state index in [1.807, 2.05) is 39.8 Å². The Morgan fingerprint density at radius 2 is 2.09 bits per heavy atom. The van der Waals surface area contributed by atoms with E-state index in [0.717, 1.165) is 12.2 Å². The van der Waals surface area contributed by atoms with Crippen molar-refractivity contribution in [3.05, 3.63) is 12.4 Å². The van der Waals surface area contributed by atoms with Crippen molar-refractivity contribution < 1.29 is 14.3 Å². The number of ether oxygens (including phenoxy) is 2. The fourth-order valence-electron chi connectivity index (χ4n) is 2.10. The third-order valence-electron chi connectivity index (χ3n) is 3.14. The van der Waals surface area contributed by atoms with Crippen LogP contribution in [0.4, 0.5) is 10.6 Å². The summed E-state index contributed by atoms with van der Waals surface area (Å²) in [6.45, 7) is 6.70. The normalized spacial score (nSPS) is 18.2. The Balaban J connectivity index is 1.91. The first kappa shape index (κ1) is 16.3. The molecule has 1 aliphatic rings. The molecule has 0 aliphatic carbocycles. The van der Waals surface area contributed by atoms with Crippen LogP contribution in [0.5, 0.6) is 5.88 Å². The first-order chi connectivity index (χ1) is 10.2. The standard InChI is InChI=1S/C15H24N4O3/c1-15(2,3)22-14(20)19-7-6-11(10-19)21-13-9-16-8-12(17-13)18(4)5/h8-9,11H,6-7,10H2,1-5H3. The lowest BCUT2D eigenvalue weighted by Crippen LogP contribution is -2.36. The molecule has 1 saturated heterocycles. The highest BCUT2D eigenvalue weighted by Crippen LogP contribution is 2.20. The van der Waals surface area contributed by atoms with Crippen molar-refractivity contribution in [1.82, 2.24) is 14.9 Å². The fraction of sp³-hybridized carbons (Fsp3) is 0.667. The van der Waals surface area contributed by atoms with Crippen LogP contribution >= 0.6 is 0 Å². The van der Waals surface area contributed by atoms with Crippen LogP contribution in [0.1, 0.15) is 27.2 Å². The van der Waals surface area contributed by atoms with Crippen LogP contribution in [0.3, 0.4) is 0 Å². The lowest BCUT2D eigenvalue weighted by atomic mass is 10.2. The summed E-state index contributed by atoms with van der Waals surface area (Å²) in [6, 6.07) is 0. The Bertz CT molecular complexity index is 528. The van der Waals surface area contributed by atoms with Gasteiger partial charge in [0.25, 0.3) is 0 Å². The lowest BCUT2D eigenvalue weighted by Gasteiger charge is -2.24. The number of aromatic nitrogens is 2. The molecule has 2 heterocycles. The molecule has 0 N–H and O–H groups in total. The number of rotatable bonds is 3. The van der Waals surface area contributed by atoms with Gasteiger partial charge in [-0.2, -0.15) is 4.98 Å². The summed E-state index contributed by atoms with van der Waals surface area (Å²) in [5.41, 5.74) is -0.485. The SMILES string of the molecule is CN(C)c1cncc(OC2CCN(C(=O)OC(C)(C)C)C2)n1. The third kappa shape index (κ3) is 4.47. The number of carbonyl (C=O) groups excluding carboxylic acids is 1. The molecule has 0 radical (unpaired) electrons. The van der Waals surface area contributed by atoms with Crippen LogP contribution in [0.25, 0.3) is 0 Å². The molecular formula is C15H24N4O3. The van der Waals surface area contributed by atoms with Crippen LogP contribution in [-0.2, 0) is 4.74 Å². The first-order valence-electron chi connectivity index (χ1n) is 7.38. The van der Waals surface area contributed by atoms with E-state index >= 15 is 0 Å². The van der Waals surface area contributed by atoms with Crippen molar-refractivity contribution in [2.75, 3.05) is 32.1 Å². The summed E-state index contributed by atoms with van der Waals surface area (Å²) in [5, 5.41) is 0. The molecule has 2 rings (SSSR count). The van der Waals surface area contributed by atoms with Gasteiger partial charge in [0.1, 0.15) is 11.7 Å². The summed E-state index contributed by atoms with van der Waals surface area (Å²) in [4.78, 5) is 24.0. The molecule has 0 aromatic carbocycles. The third-order valence-corrected chi connectivity index (χ3v) is 3.14. The highest BCUT2D eigenvalue weighted by molar-refractivity contribution is 5.68. The second kappa shape index (κ2) is 6.37. The molecule has 1 unspecified atom stereocenters. The quantitative estimate of drug-likeness (QED) is 0.850. The number of hydrogen-bond acceptors (Lipinski definition) is 6. The smallest absolute Gasteiger partial charge is 0.410 e. The molecular weight excluding hydrogens is 284 g/mol. The highest BCUT2D eigenvalue weighted by atomic mass is 16.6. The Kier molecular flexibility index (Phi) is 4.73. The van der Waals surface area contributed by atoms with E-state index < -0.39 is 5.60 Å². The van der Waals surface area contributed by atoms with Crippen LogP contribution in [0, 0.1) is 0 Å². The van der Waals surface area contributed by atoms with Gasteiger partial charge in [0, 0.05) is 27.1 Å². The van der Waals surface area contributed by atoms with Crippen molar-refractivity contribution in [3.63, 3.8) is 0 Å². The first-order valence-corrected chi connectivity index (χ1v) is 7.38. The van der Waals surface area contributed by atoms with E-state index in [4.69, 9.17) is 9.47 Å². The van der Waals surface area contributed by atoms with E-state index in [1.54, 1.807) is 17.3 Å². The summed E-state index contributed by atoms with van der Waals surface area (Å²) in [5.74, 6) is 1.21. The zero-order valence-corrected chi connectivity index (χ0v) is 13.9. The largest absolute Gasteiger partial charge is 0.471 e. The van der Waals surface area contributed by atoms with Crippen LogP contribution in [-0.4, -0.2) is 59.9 Å². The van der Waals surface area contributed by atoms with Gasteiger partial charge in [-0.25, -0.2) is 4.79 Å². The molecule has 0 spiro atoms. The predicted octanol–water partition coefficient (Wildman–Crippen LogP) is 1.93. The number of hydrogen-bond donors (Lipinski definition) is 0. The predicted molar refractivity (Wildman–Crippen MR) is 83.2 cm³/mol. The van der Waals surface area contributed by atoms with E-state index in [2.05, 4.69) is 9.97 Å². The molecule has 1 amide bonds.